The second kappa shape index (κ2) is 9.19. The minimum Gasteiger partial charge on any atom is -0.378 e. The van der Waals surface area contributed by atoms with E-state index in [9.17, 15) is 4.79 Å². The summed E-state index contributed by atoms with van der Waals surface area (Å²) in [5.41, 5.74) is 3.09. The minimum atomic E-state index is -0.194. The Balaban J connectivity index is 1.45. The third-order valence-corrected chi connectivity index (χ3v) is 5.62. The highest BCUT2D eigenvalue weighted by Crippen LogP contribution is 2.23. The summed E-state index contributed by atoms with van der Waals surface area (Å²) in [6, 6.07) is 7.64. The zero-order valence-corrected chi connectivity index (χ0v) is 18.3. The summed E-state index contributed by atoms with van der Waals surface area (Å²) in [6.07, 6.45) is 5.15. The number of thiazole rings is 1. The van der Waals surface area contributed by atoms with Gasteiger partial charge >= 0.3 is 0 Å². The molecule has 0 radical (unpaired) electrons. The van der Waals surface area contributed by atoms with Gasteiger partial charge in [-0.25, -0.2) is 15.0 Å². The van der Waals surface area contributed by atoms with Crippen LogP contribution in [0.4, 0.5) is 11.5 Å². The van der Waals surface area contributed by atoms with Gasteiger partial charge in [0.25, 0.3) is 5.91 Å². The smallest absolute Gasteiger partial charge is 0.267 e. The Bertz CT molecular complexity index is 1200. The molecule has 0 saturated heterocycles. The van der Waals surface area contributed by atoms with E-state index in [1.165, 1.54) is 11.3 Å². The normalized spacial score (nSPS) is 12.1. The highest BCUT2D eigenvalue weighted by molar-refractivity contribution is 7.13. The molecule has 4 aromatic rings. The maximum Gasteiger partial charge on any atom is 0.267 e. The van der Waals surface area contributed by atoms with Crippen molar-refractivity contribution in [3.63, 3.8) is 0 Å². The number of rotatable bonds is 8. The zero-order chi connectivity index (χ0) is 21.8. The Morgan fingerprint density at radius 2 is 2.16 bits per heavy atom. The minimum absolute atomic E-state index is 0.0476. The lowest BCUT2D eigenvalue weighted by Crippen LogP contribution is -2.12. The molecule has 9 nitrogen and oxygen atoms in total. The van der Waals surface area contributed by atoms with Crippen molar-refractivity contribution in [1.82, 2.24) is 24.7 Å². The maximum atomic E-state index is 12.5. The lowest BCUT2D eigenvalue weighted by Gasteiger charge is -2.16. The molecule has 0 spiro atoms. The van der Waals surface area contributed by atoms with Gasteiger partial charge in [0.2, 0.25) is 5.65 Å². The number of amides is 1. The molecule has 0 aliphatic heterocycles. The molecule has 3 heterocycles. The van der Waals surface area contributed by atoms with Crippen LogP contribution in [-0.2, 0) is 17.9 Å². The van der Waals surface area contributed by atoms with E-state index in [-0.39, 0.29) is 11.9 Å². The summed E-state index contributed by atoms with van der Waals surface area (Å²) < 4.78 is 6.87. The molecule has 0 aliphatic rings. The molecule has 0 fully saturated rings. The number of anilines is 2. The van der Waals surface area contributed by atoms with Crippen molar-refractivity contribution in [3.8, 4) is 0 Å². The van der Waals surface area contributed by atoms with Gasteiger partial charge in [0.15, 0.2) is 0 Å². The second-order valence-corrected chi connectivity index (χ2v) is 8.06. The van der Waals surface area contributed by atoms with Gasteiger partial charge < -0.3 is 15.4 Å². The molecule has 0 aliphatic carbocycles. The van der Waals surface area contributed by atoms with E-state index >= 15 is 0 Å². The van der Waals surface area contributed by atoms with Crippen molar-refractivity contribution in [2.45, 2.75) is 33.0 Å². The van der Waals surface area contributed by atoms with Crippen LogP contribution in [-0.4, -0.2) is 37.7 Å². The summed E-state index contributed by atoms with van der Waals surface area (Å²) in [5.74, 6) is 0.451. The number of methoxy groups -OCH3 is 1. The average molecular weight is 438 g/mol. The van der Waals surface area contributed by atoms with Crippen molar-refractivity contribution in [2.75, 3.05) is 17.7 Å². The summed E-state index contributed by atoms with van der Waals surface area (Å²) in [7, 11) is 1.60. The molecule has 160 valence electrons. The molecule has 0 saturated carbocycles. The van der Waals surface area contributed by atoms with E-state index < -0.39 is 0 Å². The van der Waals surface area contributed by atoms with Crippen molar-refractivity contribution in [1.29, 1.82) is 0 Å². The average Bonchev–Trinajstić information content (AvgIpc) is 3.40. The van der Waals surface area contributed by atoms with E-state index in [4.69, 9.17) is 4.74 Å². The third kappa shape index (κ3) is 4.86. The van der Waals surface area contributed by atoms with E-state index in [2.05, 4.69) is 30.7 Å². The largest absolute Gasteiger partial charge is 0.378 e. The molecular weight excluding hydrogens is 414 g/mol. The molecule has 1 atom stereocenters. The van der Waals surface area contributed by atoms with Crippen molar-refractivity contribution < 1.29 is 9.53 Å². The molecule has 10 heteroatoms. The van der Waals surface area contributed by atoms with Crippen LogP contribution in [0.25, 0.3) is 11.2 Å². The number of carbonyl (C=O) groups is 1. The number of aromatic nitrogens is 5. The lowest BCUT2D eigenvalue weighted by molar-refractivity contribution is 0.103. The monoisotopic (exact) mass is 437 g/mol. The summed E-state index contributed by atoms with van der Waals surface area (Å²) in [4.78, 5) is 26.2. The molecule has 4 rings (SSSR count). The van der Waals surface area contributed by atoms with Crippen molar-refractivity contribution >= 4 is 39.9 Å². The fourth-order valence-corrected chi connectivity index (χ4v) is 3.85. The first kappa shape index (κ1) is 20.9. The summed E-state index contributed by atoms with van der Waals surface area (Å²) in [5, 5.41) is 11.4. The summed E-state index contributed by atoms with van der Waals surface area (Å²) in [6.45, 7) is 5.21. The predicted octanol–water partition coefficient (Wildman–Crippen LogP) is 3.87. The number of hydrogen-bond donors (Lipinski definition) is 2. The Kier molecular flexibility index (Phi) is 6.19. The highest BCUT2D eigenvalue weighted by atomic mass is 32.1. The quantitative estimate of drug-likeness (QED) is 0.431. The first-order chi connectivity index (χ1) is 15.1. The van der Waals surface area contributed by atoms with Gasteiger partial charge in [0.1, 0.15) is 21.2 Å². The number of carbonyl (C=O) groups excluding carboxylic acids is 1. The van der Waals surface area contributed by atoms with Crippen LogP contribution in [0.5, 0.6) is 0 Å². The SMILES string of the molecule is CCn1cc2ncc(N[C@@H](C)c3cccc(NC(=O)c4cnc(COC)s4)c3)nc2n1. The van der Waals surface area contributed by atoms with E-state index in [1.54, 1.807) is 19.5 Å². The Morgan fingerprint density at radius 1 is 1.29 bits per heavy atom. The molecule has 1 aromatic carbocycles. The van der Waals surface area contributed by atoms with Gasteiger partial charge in [0.05, 0.1) is 31.2 Å². The van der Waals surface area contributed by atoms with E-state index in [0.29, 0.717) is 28.6 Å². The second-order valence-electron chi connectivity index (χ2n) is 6.95. The van der Waals surface area contributed by atoms with Gasteiger partial charge in [-0.05, 0) is 31.5 Å². The van der Waals surface area contributed by atoms with Crippen LogP contribution in [0.2, 0.25) is 0 Å². The van der Waals surface area contributed by atoms with Crippen molar-refractivity contribution in [3.05, 3.63) is 58.3 Å². The lowest BCUT2D eigenvalue weighted by atomic mass is 10.1. The van der Waals surface area contributed by atoms with Crippen LogP contribution >= 0.6 is 11.3 Å². The predicted molar refractivity (Wildman–Crippen MR) is 120 cm³/mol. The van der Waals surface area contributed by atoms with Crippen molar-refractivity contribution in [2.24, 2.45) is 0 Å². The molecule has 0 bridgehead atoms. The Morgan fingerprint density at radius 3 is 2.97 bits per heavy atom. The number of ether oxygens (including phenoxy) is 1. The number of hydrogen-bond acceptors (Lipinski definition) is 8. The standard InChI is InChI=1S/C21H23N7O2S/c1-4-28-11-16-20(27-28)26-18(10-22-16)24-13(2)14-6-5-7-15(8-14)25-21(29)17-9-23-19(31-17)12-30-3/h5-11,13H,4,12H2,1-3H3,(H,25,29)(H,24,26,27)/t13-/m0/s1. The molecule has 1 amide bonds. The van der Waals surface area contributed by atoms with Gasteiger partial charge in [-0.3, -0.25) is 9.48 Å². The maximum absolute atomic E-state index is 12.5. The molecule has 2 N–H and O–H groups in total. The van der Waals surface area contributed by atoms with Gasteiger partial charge in [-0.2, -0.15) is 5.10 Å². The van der Waals surface area contributed by atoms with E-state index in [0.717, 1.165) is 22.6 Å². The third-order valence-electron chi connectivity index (χ3n) is 4.65. The first-order valence-corrected chi connectivity index (χ1v) is 10.7. The van der Waals surface area contributed by atoms with Crippen LogP contribution in [0.1, 0.15) is 40.1 Å². The number of benzene rings is 1. The van der Waals surface area contributed by atoms with Gasteiger partial charge in [-0.15, -0.1) is 11.3 Å². The topological polar surface area (TPSA) is 107 Å². The Labute approximate surface area is 183 Å². The number of fused-ring (bicyclic) bond motifs is 1. The van der Waals surface area contributed by atoms with E-state index in [1.807, 2.05) is 49.0 Å². The van der Waals surface area contributed by atoms with Gasteiger partial charge in [-0.1, -0.05) is 12.1 Å². The van der Waals surface area contributed by atoms with Crippen LogP contribution in [0.3, 0.4) is 0 Å². The molecular formula is C21H23N7O2S. The zero-order valence-electron chi connectivity index (χ0n) is 17.5. The molecule has 3 aromatic heterocycles. The van der Waals surface area contributed by atoms with Crippen LogP contribution in [0.15, 0.2) is 42.9 Å². The summed E-state index contributed by atoms with van der Waals surface area (Å²) >= 11 is 1.32. The first-order valence-electron chi connectivity index (χ1n) is 9.87. The number of nitrogens with zero attached hydrogens (tertiary/aromatic N) is 5. The van der Waals surface area contributed by atoms with Crippen LogP contribution in [0, 0.1) is 0 Å². The van der Waals surface area contributed by atoms with Crippen LogP contribution < -0.4 is 10.6 Å². The fraction of sp³-hybridized carbons (Fsp3) is 0.286. The number of aryl methyl sites for hydroxylation is 1. The fourth-order valence-electron chi connectivity index (χ4n) is 3.07. The van der Waals surface area contributed by atoms with Gasteiger partial charge in [0, 0.05) is 19.3 Å². The molecule has 0 unspecified atom stereocenters. The molecule has 31 heavy (non-hydrogen) atoms. The number of nitrogens with one attached hydrogen (secondary N) is 2. The highest BCUT2D eigenvalue weighted by Gasteiger charge is 2.13. The Hall–Kier alpha value is -3.37.